The van der Waals surface area contributed by atoms with Crippen LogP contribution in [-0.4, -0.2) is 28.0 Å². The minimum absolute atomic E-state index is 0.0143. The maximum atomic E-state index is 12.5. The first-order chi connectivity index (χ1) is 14.5. The van der Waals surface area contributed by atoms with Crippen LogP contribution in [0.1, 0.15) is 23.2 Å². The fourth-order valence-electron chi connectivity index (χ4n) is 3.52. The zero-order valence-corrected chi connectivity index (χ0v) is 17.5. The van der Waals surface area contributed by atoms with Gasteiger partial charge in [0.2, 0.25) is 5.91 Å². The highest BCUT2D eigenvalue weighted by Gasteiger charge is 2.25. The summed E-state index contributed by atoms with van der Waals surface area (Å²) in [5.74, 6) is -1.42. The Morgan fingerprint density at radius 2 is 1.87 bits per heavy atom. The number of carboxylic acid groups (broad SMARTS) is 1. The highest BCUT2D eigenvalue weighted by molar-refractivity contribution is 7.13. The molecule has 1 heterocycles. The van der Waals surface area contributed by atoms with Gasteiger partial charge in [0.1, 0.15) is 11.0 Å². The lowest BCUT2D eigenvalue weighted by Gasteiger charge is -2.16. The Balaban J connectivity index is 1.41. The first kappa shape index (κ1) is 20.3. The molecule has 0 fully saturated rings. The summed E-state index contributed by atoms with van der Waals surface area (Å²) in [6.07, 6.45) is 3.08. The number of amides is 1. The third-order valence-electron chi connectivity index (χ3n) is 4.99. The van der Waals surface area contributed by atoms with E-state index in [2.05, 4.69) is 10.3 Å². The summed E-state index contributed by atoms with van der Waals surface area (Å²) < 4.78 is 0. The summed E-state index contributed by atoms with van der Waals surface area (Å²) in [7, 11) is 0. The Bertz CT molecular complexity index is 1140. The van der Waals surface area contributed by atoms with Gasteiger partial charge in [-0.15, -0.1) is 11.3 Å². The molecule has 2 aromatic carbocycles. The lowest BCUT2D eigenvalue weighted by molar-refractivity contribution is -0.141. The predicted octanol–water partition coefficient (Wildman–Crippen LogP) is 4.61. The third kappa shape index (κ3) is 4.45. The maximum absolute atomic E-state index is 12.5. The lowest BCUT2D eigenvalue weighted by atomic mass is 9.99. The van der Waals surface area contributed by atoms with Gasteiger partial charge in [-0.05, 0) is 29.2 Å². The van der Waals surface area contributed by atoms with E-state index in [0.29, 0.717) is 10.7 Å². The minimum atomic E-state index is -1.05. The fourth-order valence-corrected chi connectivity index (χ4v) is 4.66. The summed E-state index contributed by atoms with van der Waals surface area (Å²) in [5.41, 5.74) is 4.58. The second-order valence-electron chi connectivity index (χ2n) is 7.05. The number of halogens is 1. The van der Waals surface area contributed by atoms with Crippen molar-refractivity contribution in [1.29, 1.82) is 0 Å². The first-order valence-corrected chi connectivity index (χ1v) is 10.8. The second-order valence-corrected chi connectivity index (χ2v) is 8.32. The number of rotatable bonds is 7. The number of nitrogens with zero attached hydrogens (tertiary/aromatic N) is 1. The van der Waals surface area contributed by atoms with Crippen LogP contribution in [0, 0.1) is 0 Å². The normalized spacial score (nSPS) is 13.4. The molecule has 0 radical (unpaired) electrons. The van der Waals surface area contributed by atoms with Crippen LogP contribution in [0.25, 0.3) is 16.1 Å². The average Bonchev–Trinajstić information content (AvgIpc) is 3.35. The highest BCUT2D eigenvalue weighted by Crippen LogP contribution is 2.31. The summed E-state index contributed by atoms with van der Waals surface area (Å²) in [5, 5.41) is 15.4. The molecule has 1 aliphatic rings. The number of carboxylic acids is 1. The van der Waals surface area contributed by atoms with E-state index in [0.717, 1.165) is 28.1 Å². The Hall–Kier alpha value is -2.96. The van der Waals surface area contributed by atoms with Gasteiger partial charge in [-0.25, -0.2) is 9.78 Å². The molecule has 3 aromatic rings. The molecule has 7 heteroatoms. The van der Waals surface area contributed by atoms with Crippen molar-refractivity contribution in [3.63, 3.8) is 0 Å². The van der Waals surface area contributed by atoms with Gasteiger partial charge in [-0.1, -0.05) is 60.1 Å². The van der Waals surface area contributed by atoms with Gasteiger partial charge in [-0.2, -0.15) is 0 Å². The molecule has 2 N–H and O–H groups in total. The molecular weight excluding hydrogens is 420 g/mol. The molecule has 5 nitrogen and oxygen atoms in total. The average molecular weight is 439 g/mol. The van der Waals surface area contributed by atoms with Crippen LogP contribution in [0.4, 0.5) is 0 Å². The van der Waals surface area contributed by atoms with Crippen molar-refractivity contribution in [2.45, 2.75) is 25.3 Å². The number of hydrogen-bond donors (Lipinski definition) is 2. The van der Waals surface area contributed by atoms with Gasteiger partial charge in [0.15, 0.2) is 0 Å². The van der Waals surface area contributed by atoms with E-state index in [1.165, 1.54) is 16.9 Å². The predicted molar refractivity (Wildman–Crippen MR) is 119 cm³/mol. The molecule has 0 aliphatic heterocycles. The molecule has 0 bridgehead atoms. The number of thiazole rings is 1. The quantitative estimate of drug-likeness (QED) is 0.564. The Kier molecular flexibility index (Phi) is 5.97. The van der Waals surface area contributed by atoms with E-state index in [1.54, 1.807) is 11.4 Å². The zero-order chi connectivity index (χ0) is 21.1. The standard InChI is InChI=1S/C23H19ClN2O3S/c24-19-8-4-3-7-18(19)22-25-16(13-30-22)12-21(27)26-20(23(28)29)11-15-10-9-14-5-1-2-6-17(14)15/h1-8,10,13,20H,9,11-12H2,(H,26,27)(H,28,29)/t20-/m0/s1. The van der Waals surface area contributed by atoms with Crippen molar-refractivity contribution in [2.24, 2.45) is 0 Å². The summed E-state index contributed by atoms with van der Waals surface area (Å²) in [4.78, 5) is 28.7. The van der Waals surface area contributed by atoms with E-state index in [1.807, 2.05) is 48.5 Å². The zero-order valence-electron chi connectivity index (χ0n) is 16.0. The number of allylic oxidation sites excluding steroid dienone is 1. The number of aromatic nitrogens is 1. The number of aliphatic carboxylic acids is 1. The third-order valence-corrected chi connectivity index (χ3v) is 6.24. The van der Waals surface area contributed by atoms with Crippen molar-refractivity contribution in [3.8, 4) is 10.6 Å². The molecule has 0 saturated carbocycles. The molecule has 1 amide bonds. The molecule has 1 aromatic heterocycles. The van der Waals surface area contributed by atoms with Gasteiger partial charge in [-0.3, -0.25) is 4.79 Å². The molecule has 0 unspecified atom stereocenters. The van der Waals surface area contributed by atoms with E-state index < -0.39 is 12.0 Å². The van der Waals surface area contributed by atoms with Gasteiger partial charge in [0.05, 0.1) is 17.1 Å². The smallest absolute Gasteiger partial charge is 0.326 e. The van der Waals surface area contributed by atoms with Crippen LogP contribution < -0.4 is 5.32 Å². The minimum Gasteiger partial charge on any atom is -0.480 e. The molecule has 152 valence electrons. The van der Waals surface area contributed by atoms with E-state index in [-0.39, 0.29) is 18.7 Å². The van der Waals surface area contributed by atoms with Crippen LogP contribution in [0.5, 0.6) is 0 Å². The number of nitrogens with one attached hydrogen (secondary N) is 1. The topological polar surface area (TPSA) is 79.3 Å². The summed E-state index contributed by atoms with van der Waals surface area (Å²) in [6, 6.07) is 14.3. The van der Waals surface area contributed by atoms with E-state index >= 15 is 0 Å². The largest absolute Gasteiger partial charge is 0.480 e. The molecule has 30 heavy (non-hydrogen) atoms. The molecule has 0 spiro atoms. The Labute approximate surface area is 183 Å². The maximum Gasteiger partial charge on any atom is 0.326 e. The number of carbonyl (C=O) groups excluding carboxylic acids is 1. The second kappa shape index (κ2) is 8.81. The van der Waals surface area contributed by atoms with Crippen molar-refractivity contribution in [1.82, 2.24) is 10.3 Å². The summed E-state index contributed by atoms with van der Waals surface area (Å²) in [6.45, 7) is 0. The fraction of sp³-hybridized carbons (Fsp3) is 0.174. The van der Waals surface area contributed by atoms with Crippen LogP contribution in [0.15, 0.2) is 60.0 Å². The molecular formula is C23H19ClN2O3S. The van der Waals surface area contributed by atoms with Crippen LogP contribution in [0.3, 0.4) is 0 Å². The molecule has 0 saturated heterocycles. The number of fused-ring (bicyclic) bond motifs is 1. The molecule has 1 atom stereocenters. The Morgan fingerprint density at radius 1 is 1.13 bits per heavy atom. The van der Waals surface area contributed by atoms with Gasteiger partial charge < -0.3 is 10.4 Å². The number of carbonyl (C=O) groups is 2. The van der Waals surface area contributed by atoms with Gasteiger partial charge in [0, 0.05) is 17.4 Å². The van der Waals surface area contributed by atoms with Crippen molar-refractivity contribution >= 4 is 40.4 Å². The van der Waals surface area contributed by atoms with Crippen LogP contribution >= 0.6 is 22.9 Å². The van der Waals surface area contributed by atoms with Crippen LogP contribution in [-0.2, 0) is 22.4 Å². The number of benzene rings is 2. The van der Waals surface area contributed by atoms with Gasteiger partial charge >= 0.3 is 5.97 Å². The number of hydrogen-bond acceptors (Lipinski definition) is 4. The summed E-state index contributed by atoms with van der Waals surface area (Å²) >= 11 is 7.61. The van der Waals surface area contributed by atoms with Crippen LogP contribution in [0.2, 0.25) is 5.02 Å². The molecule has 4 rings (SSSR count). The lowest BCUT2D eigenvalue weighted by Crippen LogP contribution is -2.41. The SMILES string of the molecule is O=C(Cc1csc(-c2ccccc2Cl)n1)N[C@@H](CC1=CCc2ccccc21)C(=O)O. The Morgan fingerprint density at radius 3 is 2.63 bits per heavy atom. The van der Waals surface area contributed by atoms with E-state index in [9.17, 15) is 14.7 Å². The first-order valence-electron chi connectivity index (χ1n) is 9.50. The van der Waals surface area contributed by atoms with Crippen molar-refractivity contribution < 1.29 is 14.7 Å². The molecule has 1 aliphatic carbocycles. The van der Waals surface area contributed by atoms with Crippen molar-refractivity contribution in [2.75, 3.05) is 0 Å². The monoisotopic (exact) mass is 438 g/mol. The van der Waals surface area contributed by atoms with E-state index in [4.69, 9.17) is 11.6 Å². The van der Waals surface area contributed by atoms with Crippen molar-refractivity contribution in [3.05, 3.63) is 81.8 Å². The highest BCUT2D eigenvalue weighted by atomic mass is 35.5. The van der Waals surface area contributed by atoms with Gasteiger partial charge in [0.25, 0.3) is 0 Å².